The van der Waals surface area contributed by atoms with E-state index in [1.54, 1.807) is 36.3 Å². The average molecular weight is 290 g/mol. The van der Waals surface area contributed by atoms with Gasteiger partial charge in [0.2, 0.25) is 0 Å². The topological polar surface area (TPSA) is 81.0 Å². The molecule has 1 aromatic carbocycles. The van der Waals surface area contributed by atoms with Crippen LogP contribution in [0.4, 0.5) is 11.5 Å². The number of rotatable bonds is 6. The van der Waals surface area contributed by atoms with E-state index in [0.717, 1.165) is 23.0 Å². The Bertz CT molecular complexity index is 572. The molecule has 2 rings (SSSR count). The van der Waals surface area contributed by atoms with Crippen LogP contribution in [0.25, 0.3) is 0 Å². The van der Waals surface area contributed by atoms with Crippen LogP contribution in [0.2, 0.25) is 0 Å². The summed E-state index contributed by atoms with van der Waals surface area (Å²) in [5.74, 6) is 1.44. The van der Waals surface area contributed by atoms with Gasteiger partial charge in [0.05, 0.1) is 23.0 Å². The SMILES string of the molecule is CCNc1cnc(CSc2ccc([N+](=O)[O-])cc2)cn1. The van der Waals surface area contributed by atoms with Crippen molar-refractivity contribution in [2.75, 3.05) is 11.9 Å². The summed E-state index contributed by atoms with van der Waals surface area (Å²) in [6.07, 6.45) is 3.44. The summed E-state index contributed by atoms with van der Waals surface area (Å²) in [7, 11) is 0. The van der Waals surface area contributed by atoms with Gasteiger partial charge in [-0.25, -0.2) is 4.98 Å². The fourth-order valence-corrected chi connectivity index (χ4v) is 2.32. The predicted molar refractivity (Wildman–Crippen MR) is 78.9 cm³/mol. The van der Waals surface area contributed by atoms with E-state index in [2.05, 4.69) is 15.3 Å². The van der Waals surface area contributed by atoms with Crippen LogP contribution in [-0.4, -0.2) is 21.4 Å². The van der Waals surface area contributed by atoms with Crippen molar-refractivity contribution in [1.29, 1.82) is 0 Å². The molecule has 0 saturated carbocycles. The van der Waals surface area contributed by atoms with Gasteiger partial charge in [0, 0.05) is 29.3 Å². The van der Waals surface area contributed by atoms with Crippen molar-refractivity contribution in [3.63, 3.8) is 0 Å². The van der Waals surface area contributed by atoms with E-state index in [9.17, 15) is 10.1 Å². The minimum Gasteiger partial charge on any atom is -0.369 e. The molecule has 7 heteroatoms. The van der Waals surface area contributed by atoms with Gasteiger partial charge in [-0.05, 0) is 19.1 Å². The van der Waals surface area contributed by atoms with Crippen LogP contribution in [0.15, 0.2) is 41.6 Å². The first-order chi connectivity index (χ1) is 9.69. The quantitative estimate of drug-likeness (QED) is 0.500. The molecule has 0 spiro atoms. The molecule has 104 valence electrons. The normalized spacial score (nSPS) is 10.2. The minimum atomic E-state index is -0.403. The molecule has 1 N–H and O–H groups in total. The summed E-state index contributed by atoms with van der Waals surface area (Å²) in [5, 5.41) is 13.6. The van der Waals surface area contributed by atoms with Crippen molar-refractivity contribution in [3.8, 4) is 0 Å². The molecule has 6 nitrogen and oxygen atoms in total. The lowest BCUT2D eigenvalue weighted by Gasteiger charge is -2.03. The fraction of sp³-hybridized carbons (Fsp3) is 0.231. The highest BCUT2D eigenvalue weighted by Gasteiger charge is 2.05. The van der Waals surface area contributed by atoms with Crippen molar-refractivity contribution in [2.24, 2.45) is 0 Å². The molecular formula is C13H14N4O2S. The van der Waals surface area contributed by atoms with Gasteiger partial charge < -0.3 is 5.32 Å². The zero-order chi connectivity index (χ0) is 14.4. The predicted octanol–water partition coefficient (Wildman–Crippen LogP) is 3.11. The van der Waals surface area contributed by atoms with Gasteiger partial charge in [0.25, 0.3) is 5.69 Å². The van der Waals surface area contributed by atoms with Crippen LogP contribution in [0.5, 0.6) is 0 Å². The van der Waals surface area contributed by atoms with Gasteiger partial charge in [-0.2, -0.15) is 0 Å². The van der Waals surface area contributed by atoms with Crippen LogP contribution in [0, 0.1) is 10.1 Å². The summed E-state index contributed by atoms with van der Waals surface area (Å²) in [4.78, 5) is 19.7. The Hall–Kier alpha value is -2.15. The first-order valence-corrected chi connectivity index (χ1v) is 7.09. The first-order valence-electron chi connectivity index (χ1n) is 6.11. The lowest BCUT2D eigenvalue weighted by atomic mass is 10.3. The average Bonchev–Trinajstić information content (AvgIpc) is 2.47. The second-order valence-corrected chi connectivity index (χ2v) is 5.01. The van der Waals surface area contributed by atoms with Gasteiger partial charge in [0.15, 0.2) is 0 Å². The van der Waals surface area contributed by atoms with E-state index in [1.165, 1.54) is 12.1 Å². The number of nitrogens with one attached hydrogen (secondary N) is 1. The monoisotopic (exact) mass is 290 g/mol. The zero-order valence-electron chi connectivity index (χ0n) is 10.9. The molecular weight excluding hydrogens is 276 g/mol. The molecule has 0 radical (unpaired) electrons. The lowest BCUT2D eigenvalue weighted by molar-refractivity contribution is -0.384. The molecule has 0 fully saturated rings. The van der Waals surface area contributed by atoms with Gasteiger partial charge >= 0.3 is 0 Å². The van der Waals surface area contributed by atoms with Crippen molar-refractivity contribution in [2.45, 2.75) is 17.6 Å². The minimum absolute atomic E-state index is 0.101. The largest absolute Gasteiger partial charge is 0.369 e. The van der Waals surface area contributed by atoms with Crippen LogP contribution < -0.4 is 5.32 Å². The van der Waals surface area contributed by atoms with Crippen LogP contribution in [0.1, 0.15) is 12.6 Å². The van der Waals surface area contributed by atoms with Crippen molar-refractivity contribution < 1.29 is 4.92 Å². The highest BCUT2D eigenvalue weighted by atomic mass is 32.2. The van der Waals surface area contributed by atoms with Crippen molar-refractivity contribution in [1.82, 2.24) is 9.97 Å². The molecule has 0 saturated heterocycles. The van der Waals surface area contributed by atoms with E-state index in [4.69, 9.17) is 0 Å². The summed E-state index contributed by atoms with van der Waals surface area (Å²) in [6, 6.07) is 6.48. The number of anilines is 1. The maximum atomic E-state index is 10.6. The third kappa shape index (κ3) is 3.92. The summed E-state index contributed by atoms with van der Waals surface area (Å²) < 4.78 is 0. The highest BCUT2D eigenvalue weighted by Crippen LogP contribution is 2.24. The third-order valence-corrected chi connectivity index (χ3v) is 3.54. The lowest BCUT2D eigenvalue weighted by Crippen LogP contribution is -2.00. The Morgan fingerprint density at radius 3 is 2.55 bits per heavy atom. The fourth-order valence-electron chi connectivity index (χ4n) is 1.52. The molecule has 0 atom stereocenters. The maximum Gasteiger partial charge on any atom is 0.269 e. The third-order valence-electron chi connectivity index (χ3n) is 2.50. The Morgan fingerprint density at radius 2 is 2.00 bits per heavy atom. The van der Waals surface area contributed by atoms with E-state index in [1.807, 2.05) is 6.92 Å². The Kier molecular flexibility index (Phi) is 4.89. The first kappa shape index (κ1) is 14.3. The Balaban J connectivity index is 1.92. The van der Waals surface area contributed by atoms with E-state index < -0.39 is 4.92 Å². The number of nitro groups is 1. The van der Waals surface area contributed by atoms with Crippen molar-refractivity contribution in [3.05, 3.63) is 52.5 Å². The zero-order valence-corrected chi connectivity index (χ0v) is 11.8. The number of non-ortho nitro benzene ring substituents is 1. The molecule has 0 bridgehead atoms. The van der Waals surface area contributed by atoms with Crippen LogP contribution in [0.3, 0.4) is 0 Å². The highest BCUT2D eigenvalue weighted by molar-refractivity contribution is 7.98. The molecule has 0 aliphatic carbocycles. The Labute approximate surface area is 120 Å². The number of nitro benzene ring substituents is 1. The second-order valence-electron chi connectivity index (χ2n) is 3.96. The number of hydrogen-bond donors (Lipinski definition) is 1. The Morgan fingerprint density at radius 1 is 1.25 bits per heavy atom. The summed E-state index contributed by atoms with van der Waals surface area (Å²) in [6.45, 7) is 2.81. The van der Waals surface area contributed by atoms with Gasteiger partial charge in [0.1, 0.15) is 5.82 Å². The number of nitrogens with zero attached hydrogens (tertiary/aromatic N) is 3. The second kappa shape index (κ2) is 6.85. The number of hydrogen-bond acceptors (Lipinski definition) is 6. The molecule has 2 aromatic rings. The number of benzene rings is 1. The van der Waals surface area contributed by atoms with E-state index >= 15 is 0 Å². The smallest absolute Gasteiger partial charge is 0.269 e. The van der Waals surface area contributed by atoms with Crippen LogP contribution in [-0.2, 0) is 5.75 Å². The van der Waals surface area contributed by atoms with Gasteiger partial charge in [-0.3, -0.25) is 15.1 Å². The molecule has 20 heavy (non-hydrogen) atoms. The summed E-state index contributed by atoms with van der Waals surface area (Å²) >= 11 is 1.57. The molecule has 0 amide bonds. The van der Waals surface area contributed by atoms with E-state index in [0.29, 0.717) is 5.75 Å². The maximum absolute atomic E-state index is 10.6. The van der Waals surface area contributed by atoms with E-state index in [-0.39, 0.29) is 5.69 Å². The number of thioether (sulfide) groups is 1. The molecule has 1 heterocycles. The molecule has 0 aliphatic heterocycles. The molecule has 0 unspecified atom stereocenters. The molecule has 1 aromatic heterocycles. The standard InChI is InChI=1S/C13H14N4O2S/c1-2-14-13-8-15-10(7-16-13)9-20-12-5-3-11(4-6-12)17(18)19/h3-8H,2,9H2,1H3,(H,14,16). The number of aromatic nitrogens is 2. The van der Waals surface area contributed by atoms with Crippen molar-refractivity contribution >= 4 is 23.3 Å². The van der Waals surface area contributed by atoms with Gasteiger partial charge in [-0.15, -0.1) is 11.8 Å². The van der Waals surface area contributed by atoms with Crippen LogP contribution >= 0.6 is 11.8 Å². The molecule has 0 aliphatic rings. The summed E-state index contributed by atoms with van der Waals surface area (Å²) in [5.41, 5.74) is 0.971. The van der Waals surface area contributed by atoms with Gasteiger partial charge in [-0.1, -0.05) is 0 Å².